The molecular weight excluding hydrogens is 136 g/mol. The molecule has 0 amide bonds. The summed E-state index contributed by atoms with van der Waals surface area (Å²) in [5, 5.41) is 8.76. The molecule has 0 unspecified atom stereocenters. The molecular formula is C10H22O. The van der Waals surface area contributed by atoms with Gasteiger partial charge in [-0.1, -0.05) is 34.1 Å². The van der Waals surface area contributed by atoms with Crippen molar-refractivity contribution in [2.24, 2.45) is 11.3 Å². The molecule has 0 saturated carbocycles. The highest BCUT2D eigenvalue weighted by Crippen LogP contribution is 2.22. The summed E-state index contributed by atoms with van der Waals surface area (Å²) in [5.41, 5.74) is 0.454. The van der Waals surface area contributed by atoms with E-state index in [1.165, 1.54) is 12.8 Å². The minimum absolute atomic E-state index is 0.337. The summed E-state index contributed by atoms with van der Waals surface area (Å²) in [7, 11) is 0. The van der Waals surface area contributed by atoms with Gasteiger partial charge in [0.25, 0.3) is 0 Å². The van der Waals surface area contributed by atoms with Crippen molar-refractivity contribution in [1.29, 1.82) is 0 Å². The average molecular weight is 158 g/mol. The van der Waals surface area contributed by atoms with Crippen LogP contribution in [-0.4, -0.2) is 11.7 Å². The lowest BCUT2D eigenvalue weighted by molar-refractivity contribution is 0.221. The lowest BCUT2D eigenvalue weighted by Gasteiger charge is -2.18. The van der Waals surface area contributed by atoms with Crippen molar-refractivity contribution >= 4 is 0 Å². The van der Waals surface area contributed by atoms with Gasteiger partial charge in [-0.2, -0.15) is 0 Å². The monoisotopic (exact) mass is 158 g/mol. The fourth-order valence-corrected chi connectivity index (χ4v) is 1.07. The van der Waals surface area contributed by atoms with Crippen molar-refractivity contribution in [2.45, 2.75) is 47.0 Å². The van der Waals surface area contributed by atoms with Crippen LogP contribution in [0.3, 0.4) is 0 Å². The standard InChI is InChI=1S/C10H22O/c1-9(8-11)6-5-7-10(2,3)4/h9,11H,5-8H2,1-4H3/t9-/m0/s1. The normalized spacial score (nSPS) is 15.0. The van der Waals surface area contributed by atoms with Crippen molar-refractivity contribution < 1.29 is 5.11 Å². The molecule has 0 spiro atoms. The molecule has 0 heterocycles. The van der Waals surface area contributed by atoms with Gasteiger partial charge in [0, 0.05) is 6.61 Å². The minimum atomic E-state index is 0.337. The summed E-state index contributed by atoms with van der Waals surface area (Å²) in [4.78, 5) is 0. The first-order chi connectivity index (χ1) is 4.95. The molecule has 0 aliphatic carbocycles. The fraction of sp³-hybridized carbons (Fsp3) is 1.00. The second-order valence-electron chi connectivity index (χ2n) is 4.74. The number of aliphatic hydroxyl groups excluding tert-OH is 1. The molecule has 1 N–H and O–H groups in total. The van der Waals surface area contributed by atoms with Gasteiger partial charge in [-0.25, -0.2) is 0 Å². The molecule has 1 nitrogen and oxygen atoms in total. The van der Waals surface area contributed by atoms with Crippen molar-refractivity contribution in [2.75, 3.05) is 6.61 Å². The van der Waals surface area contributed by atoms with Gasteiger partial charge < -0.3 is 5.11 Å². The molecule has 68 valence electrons. The molecule has 0 bridgehead atoms. The maximum absolute atomic E-state index is 8.76. The molecule has 1 atom stereocenters. The smallest absolute Gasteiger partial charge is 0.0456 e. The summed E-state index contributed by atoms with van der Waals surface area (Å²) in [5.74, 6) is 0.484. The summed E-state index contributed by atoms with van der Waals surface area (Å²) < 4.78 is 0. The van der Waals surface area contributed by atoms with Gasteiger partial charge in [-0.15, -0.1) is 0 Å². The first-order valence-corrected chi connectivity index (χ1v) is 4.56. The van der Waals surface area contributed by atoms with Crippen molar-refractivity contribution in [1.82, 2.24) is 0 Å². The Bertz CT molecular complexity index is 91.5. The van der Waals surface area contributed by atoms with E-state index in [4.69, 9.17) is 5.11 Å². The Hall–Kier alpha value is -0.0400. The zero-order chi connectivity index (χ0) is 8.91. The number of rotatable bonds is 4. The van der Waals surface area contributed by atoms with Crippen LogP contribution in [0, 0.1) is 11.3 Å². The molecule has 0 aliphatic heterocycles. The molecule has 0 fully saturated rings. The average Bonchev–Trinajstić information content (AvgIpc) is 1.85. The lowest BCUT2D eigenvalue weighted by Crippen LogP contribution is -2.07. The zero-order valence-electron chi connectivity index (χ0n) is 8.35. The highest BCUT2D eigenvalue weighted by atomic mass is 16.3. The Morgan fingerprint density at radius 3 is 2.18 bits per heavy atom. The van der Waals surface area contributed by atoms with E-state index in [2.05, 4.69) is 27.7 Å². The number of hydrogen-bond donors (Lipinski definition) is 1. The van der Waals surface area contributed by atoms with Crippen LogP contribution in [0.25, 0.3) is 0 Å². The van der Waals surface area contributed by atoms with Gasteiger partial charge in [0.15, 0.2) is 0 Å². The second kappa shape index (κ2) is 4.76. The molecule has 1 heteroatoms. The van der Waals surface area contributed by atoms with Crippen LogP contribution in [0.4, 0.5) is 0 Å². The molecule has 0 saturated heterocycles. The van der Waals surface area contributed by atoms with E-state index >= 15 is 0 Å². The summed E-state index contributed by atoms with van der Waals surface area (Å²) in [6, 6.07) is 0. The highest BCUT2D eigenvalue weighted by Gasteiger charge is 2.10. The summed E-state index contributed by atoms with van der Waals surface area (Å²) >= 11 is 0. The third kappa shape index (κ3) is 7.86. The molecule has 0 aromatic rings. The second-order valence-corrected chi connectivity index (χ2v) is 4.74. The van der Waals surface area contributed by atoms with Crippen molar-refractivity contribution in [3.05, 3.63) is 0 Å². The maximum Gasteiger partial charge on any atom is 0.0456 e. The molecule has 0 aliphatic rings. The Morgan fingerprint density at radius 1 is 1.27 bits per heavy atom. The first kappa shape index (κ1) is 11.0. The van der Waals surface area contributed by atoms with Gasteiger partial charge in [0.05, 0.1) is 0 Å². The predicted octanol–water partition coefficient (Wildman–Crippen LogP) is 2.83. The van der Waals surface area contributed by atoms with Crippen LogP contribution in [0.5, 0.6) is 0 Å². The van der Waals surface area contributed by atoms with Crippen molar-refractivity contribution in [3.63, 3.8) is 0 Å². The Balaban J connectivity index is 3.28. The van der Waals surface area contributed by atoms with Crippen LogP contribution < -0.4 is 0 Å². The zero-order valence-corrected chi connectivity index (χ0v) is 8.35. The third-order valence-corrected chi connectivity index (χ3v) is 1.94. The fourth-order valence-electron chi connectivity index (χ4n) is 1.07. The van der Waals surface area contributed by atoms with E-state index in [0.717, 1.165) is 6.42 Å². The Labute approximate surface area is 70.8 Å². The van der Waals surface area contributed by atoms with E-state index in [1.807, 2.05) is 0 Å². The van der Waals surface area contributed by atoms with Crippen LogP contribution in [-0.2, 0) is 0 Å². The van der Waals surface area contributed by atoms with Gasteiger partial charge in [-0.3, -0.25) is 0 Å². The number of hydrogen-bond acceptors (Lipinski definition) is 1. The van der Waals surface area contributed by atoms with Gasteiger partial charge >= 0.3 is 0 Å². The third-order valence-electron chi connectivity index (χ3n) is 1.94. The van der Waals surface area contributed by atoms with Crippen LogP contribution in [0.2, 0.25) is 0 Å². The Kier molecular flexibility index (Phi) is 4.74. The Morgan fingerprint density at radius 2 is 1.82 bits per heavy atom. The van der Waals surface area contributed by atoms with Crippen LogP contribution in [0.15, 0.2) is 0 Å². The van der Waals surface area contributed by atoms with E-state index in [-0.39, 0.29) is 0 Å². The highest BCUT2D eigenvalue weighted by molar-refractivity contribution is 4.62. The predicted molar refractivity (Wildman–Crippen MR) is 49.6 cm³/mol. The number of aliphatic hydroxyl groups is 1. The SMILES string of the molecule is C[C@H](CO)CCCC(C)(C)C. The molecule has 0 radical (unpaired) electrons. The molecule has 0 aromatic heterocycles. The largest absolute Gasteiger partial charge is 0.396 e. The quantitative estimate of drug-likeness (QED) is 0.667. The first-order valence-electron chi connectivity index (χ1n) is 4.56. The lowest BCUT2D eigenvalue weighted by atomic mass is 9.88. The molecule has 0 aromatic carbocycles. The van der Waals surface area contributed by atoms with E-state index in [1.54, 1.807) is 0 Å². The minimum Gasteiger partial charge on any atom is -0.396 e. The van der Waals surface area contributed by atoms with Crippen LogP contribution in [0.1, 0.15) is 47.0 Å². The molecule has 11 heavy (non-hydrogen) atoms. The maximum atomic E-state index is 8.76. The topological polar surface area (TPSA) is 20.2 Å². The van der Waals surface area contributed by atoms with Gasteiger partial charge in [-0.05, 0) is 24.2 Å². The van der Waals surface area contributed by atoms with E-state index in [9.17, 15) is 0 Å². The summed E-state index contributed by atoms with van der Waals surface area (Å²) in [6.07, 6.45) is 3.66. The van der Waals surface area contributed by atoms with E-state index < -0.39 is 0 Å². The molecule has 0 rings (SSSR count). The van der Waals surface area contributed by atoms with E-state index in [0.29, 0.717) is 17.9 Å². The van der Waals surface area contributed by atoms with Gasteiger partial charge in [0.1, 0.15) is 0 Å². The summed E-state index contributed by atoms with van der Waals surface area (Å²) in [6.45, 7) is 9.22. The van der Waals surface area contributed by atoms with Crippen LogP contribution >= 0.6 is 0 Å². The van der Waals surface area contributed by atoms with Gasteiger partial charge in [0.2, 0.25) is 0 Å². The van der Waals surface area contributed by atoms with Crippen molar-refractivity contribution in [3.8, 4) is 0 Å².